The molecule has 42 heavy (non-hydrogen) atoms. The summed E-state index contributed by atoms with van der Waals surface area (Å²) in [6.07, 6.45) is -3.08. The van der Waals surface area contributed by atoms with Gasteiger partial charge >= 0.3 is 6.18 Å². The molecule has 0 atom stereocenters. The molecule has 0 bridgehead atoms. The van der Waals surface area contributed by atoms with E-state index in [0.717, 1.165) is 31.5 Å². The average molecular weight is 606 g/mol. The Labute approximate surface area is 241 Å². The third-order valence-corrected chi connectivity index (χ3v) is 7.76. The highest BCUT2D eigenvalue weighted by molar-refractivity contribution is 7.92. The van der Waals surface area contributed by atoms with E-state index in [0.29, 0.717) is 66.5 Å². The molecular formula is C29H30F3N3O6S. The standard InChI is InChI=1S/C29H30F3N3O6S/c1-42(38,39)33-25-17-22(6-7-26(25)36)35-9-8-20-16-23(19-2-4-21(5-3-19)29(30,31)32)27(18-24(20)28(35)37)41-15-12-34-10-13-40-14-11-34/h2-7,16-18,33,36H,8-15H2,1H3. The van der Waals surface area contributed by atoms with E-state index in [4.69, 9.17) is 9.47 Å². The van der Waals surface area contributed by atoms with Gasteiger partial charge in [0.1, 0.15) is 18.1 Å². The number of nitrogens with one attached hydrogen (secondary N) is 1. The van der Waals surface area contributed by atoms with Gasteiger partial charge in [-0.05, 0) is 60.0 Å². The third kappa shape index (κ3) is 6.80. The summed E-state index contributed by atoms with van der Waals surface area (Å²) in [6.45, 7) is 3.93. The zero-order chi connectivity index (χ0) is 30.1. The monoisotopic (exact) mass is 605 g/mol. The fourth-order valence-electron chi connectivity index (χ4n) is 5.02. The number of rotatable bonds is 8. The van der Waals surface area contributed by atoms with Crippen LogP contribution in [0.3, 0.4) is 0 Å². The van der Waals surface area contributed by atoms with Crippen LogP contribution in [0.25, 0.3) is 11.1 Å². The van der Waals surface area contributed by atoms with E-state index in [1.165, 1.54) is 35.2 Å². The molecule has 2 aliphatic rings. The number of amides is 1. The number of carbonyl (C=O) groups is 1. The second kappa shape index (κ2) is 11.8. The van der Waals surface area contributed by atoms with Crippen LogP contribution in [0.5, 0.6) is 11.5 Å². The zero-order valence-corrected chi connectivity index (χ0v) is 23.6. The maximum atomic E-state index is 13.7. The number of nitrogens with zero attached hydrogens (tertiary/aromatic N) is 2. The number of carbonyl (C=O) groups excluding carboxylic acids is 1. The van der Waals surface area contributed by atoms with Crippen LogP contribution in [0, 0.1) is 0 Å². The lowest BCUT2D eigenvalue weighted by molar-refractivity contribution is -0.137. The average Bonchev–Trinajstić information content (AvgIpc) is 2.94. The highest BCUT2D eigenvalue weighted by Crippen LogP contribution is 2.39. The number of hydrogen-bond donors (Lipinski definition) is 2. The first-order chi connectivity index (χ1) is 19.9. The number of fused-ring (bicyclic) bond motifs is 1. The van der Waals surface area contributed by atoms with E-state index < -0.39 is 21.8 Å². The number of benzene rings is 3. The van der Waals surface area contributed by atoms with Crippen molar-refractivity contribution in [3.05, 3.63) is 71.3 Å². The molecule has 0 saturated carbocycles. The molecule has 224 valence electrons. The molecule has 9 nitrogen and oxygen atoms in total. The summed E-state index contributed by atoms with van der Waals surface area (Å²) in [7, 11) is -3.68. The Morgan fingerprint density at radius 2 is 1.71 bits per heavy atom. The van der Waals surface area contributed by atoms with Gasteiger partial charge in [-0.3, -0.25) is 14.4 Å². The molecule has 1 saturated heterocycles. The smallest absolute Gasteiger partial charge is 0.416 e. The Balaban J connectivity index is 1.47. The molecule has 5 rings (SSSR count). The molecule has 2 N–H and O–H groups in total. The summed E-state index contributed by atoms with van der Waals surface area (Å²) in [5, 5.41) is 10.1. The number of aromatic hydroxyl groups is 1. The van der Waals surface area contributed by atoms with Gasteiger partial charge in [0.25, 0.3) is 5.91 Å². The van der Waals surface area contributed by atoms with E-state index in [9.17, 15) is 31.5 Å². The maximum absolute atomic E-state index is 13.7. The van der Waals surface area contributed by atoms with Crippen LogP contribution in [0.4, 0.5) is 24.5 Å². The van der Waals surface area contributed by atoms with Gasteiger partial charge in [0, 0.05) is 43.0 Å². The molecule has 0 aromatic heterocycles. The number of phenolic OH excluding ortho intramolecular Hbond substituents is 1. The first-order valence-electron chi connectivity index (χ1n) is 13.3. The van der Waals surface area contributed by atoms with Crippen molar-refractivity contribution in [2.75, 3.05) is 61.9 Å². The molecule has 1 amide bonds. The number of ether oxygens (including phenoxy) is 2. The van der Waals surface area contributed by atoms with Gasteiger partial charge in [-0.1, -0.05) is 12.1 Å². The normalized spacial score (nSPS) is 16.3. The molecule has 0 radical (unpaired) electrons. The van der Waals surface area contributed by atoms with E-state index in [1.807, 2.05) is 0 Å². The van der Waals surface area contributed by atoms with Crippen LogP contribution < -0.4 is 14.4 Å². The second-order valence-corrected chi connectivity index (χ2v) is 11.9. The number of anilines is 2. The van der Waals surface area contributed by atoms with Crippen LogP contribution in [-0.4, -0.2) is 76.6 Å². The molecule has 2 heterocycles. The van der Waals surface area contributed by atoms with Crippen molar-refractivity contribution < 1.29 is 41.0 Å². The van der Waals surface area contributed by atoms with Crippen molar-refractivity contribution >= 4 is 27.3 Å². The molecule has 3 aromatic rings. The van der Waals surface area contributed by atoms with Crippen molar-refractivity contribution in [3.8, 4) is 22.6 Å². The first-order valence-corrected chi connectivity index (χ1v) is 15.2. The number of alkyl halides is 3. The van der Waals surface area contributed by atoms with Gasteiger partial charge in [-0.25, -0.2) is 8.42 Å². The van der Waals surface area contributed by atoms with Crippen LogP contribution in [-0.2, 0) is 27.4 Å². The molecule has 0 aliphatic carbocycles. The molecular weight excluding hydrogens is 575 g/mol. The largest absolute Gasteiger partial charge is 0.506 e. The molecule has 3 aromatic carbocycles. The third-order valence-electron chi connectivity index (χ3n) is 7.16. The highest BCUT2D eigenvalue weighted by Gasteiger charge is 2.31. The number of hydrogen-bond acceptors (Lipinski definition) is 7. The predicted octanol–water partition coefficient (Wildman–Crippen LogP) is 4.36. The number of halogens is 3. The highest BCUT2D eigenvalue weighted by atomic mass is 32.2. The van der Waals surface area contributed by atoms with E-state index in [2.05, 4.69) is 9.62 Å². The summed E-state index contributed by atoms with van der Waals surface area (Å²) >= 11 is 0. The summed E-state index contributed by atoms with van der Waals surface area (Å²) < 4.78 is 76.8. The fraction of sp³-hybridized carbons (Fsp3) is 0.345. The van der Waals surface area contributed by atoms with Crippen molar-refractivity contribution in [1.82, 2.24) is 4.90 Å². The van der Waals surface area contributed by atoms with E-state index in [-0.39, 0.29) is 23.9 Å². The molecule has 13 heteroatoms. The van der Waals surface area contributed by atoms with Crippen molar-refractivity contribution in [3.63, 3.8) is 0 Å². The first kappa shape index (κ1) is 29.7. The summed E-state index contributed by atoms with van der Waals surface area (Å²) in [6, 6.07) is 12.4. The summed E-state index contributed by atoms with van der Waals surface area (Å²) in [5.74, 6) is -0.280. The van der Waals surface area contributed by atoms with Crippen molar-refractivity contribution in [2.45, 2.75) is 12.6 Å². The topological polar surface area (TPSA) is 108 Å². The summed E-state index contributed by atoms with van der Waals surface area (Å²) in [5.41, 5.74) is 1.74. The van der Waals surface area contributed by atoms with Crippen LogP contribution in [0.2, 0.25) is 0 Å². The number of phenols is 1. The van der Waals surface area contributed by atoms with Gasteiger partial charge in [0.05, 0.1) is 30.7 Å². The molecule has 0 unspecified atom stereocenters. The van der Waals surface area contributed by atoms with Crippen LogP contribution >= 0.6 is 0 Å². The van der Waals surface area contributed by atoms with Gasteiger partial charge in [0.2, 0.25) is 10.0 Å². The second-order valence-electron chi connectivity index (χ2n) is 10.2. The maximum Gasteiger partial charge on any atom is 0.416 e. The van der Waals surface area contributed by atoms with Gasteiger partial charge < -0.3 is 19.5 Å². The Hall–Kier alpha value is -3.81. The minimum atomic E-state index is -4.47. The molecule has 2 aliphatic heterocycles. The lowest BCUT2D eigenvalue weighted by Gasteiger charge is -2.30. The van der Waals surface area contributed by atoms with Gasteiger partial charge in [-0.2, -0.15) is 13.2 Å². The van der Waals surface area contributed by atoms with Gasteiger partial charge in [-0.15, -0.1) is 0 Å². The lowest BCUT2D eigenvalue weighted by atomic mass is 9.92. The number of sulfonamides is 1. The van der Waals surface area contributed by atoms with Crippen molar-refractivity contribution in [1.29, 1.82) is 0 Å². The number of morpholine rings is 1. The lowest BCUT2D eigenvalue weighted by Crippen LogP contribution is -2.39. The van der Waals surface area contributed by atoms with E-state index in [1.54, 1.807) is 12.1 Å². The Morgan fingerprint density at radius 3 is 2.38 bits per heavy atom. The quantitative estimate of drug-likeness (QED) is 0.368. The zero-order valence-electron chi connectivity index (χ0n) is 22.8. The predicted molar refractivity (Wildman–Crippen MR) is 152 cm³/mol. The van der Waals surface area contributed by atoms with E-state index >= 15 is 0 Å². The SMILES string of the molecule is CS(=O)(=O)Nc1cc(N2CCc3cc(-c4ccc(C(F)(F)F)cc4)c(OCCN4CCOCC4)cc3C2=O)ccc1O. The fourth-order valence-corrected chi connectivity index (χ4v) is 5.59. The Morgan fingerprint density at radius 1 is 1.00 bits per heavy atom. The molecule has 0 spiro atoms. The van der Waals surface area contributed by atoms with Crippen molar-refractivity contribution in [2.24, 2.45) is 0 Å². The summed E-state index contributed by atoms with van der Waals surface area (Å²) in [4.78, 5) is 17.4. The van der Waals surface area contributed by atoms with Crippen LogP contribution in [0.15, 0.2) is 54.6 Å². The van der Waals surface area contributed by atoms with Gasteiger partial charge in [0.15, 0.2) is 0 Å². The Kier molecular flexibility index (Phi) is 8.35. The Bertz CT molecular complexity index is 1570. The minimum absolute atomic E-state index is 0.0571. The molecule has 1 fully saturated rings. The minimum Gasteiger partial charge on any atom is -0.506 e. The van der Waals surface area contributed by atoms with Crippen LogP contribution in [0.1, 0.15) is 21.5 Å².